The highest BCUT2D eigenvalue weighted by Gasteiger charge is 2.39. The Kier molecular flexibility index (Phi) is 4.99. The number of rotatable bonds is 3. The molecule has 1 rings (SSSR count). The molecule has 0 aromatic carbocycles. The summed E-state index contributed by atoms with van der Waals surface area (Å²) in [6, 6.07) is 0. The molecule has 0 aromatic heterocycles. The van der Waals surface area contributed by atoms with Crippen LogP contribution in [0.15, 0.2) is 0 Å². The van der Waals surface area contributed by atoms with Crippen molar-refractivity contribution in [2.75, 3.05) is 19.5 Å². The molecule has 1 aliphatic heterocycles. The second kappa shape index (κ2) is 4.62. The van der Waals surface area contributed by atoms with Gasteiger partial charge in [0.2, 0.25) is 0 Å². The molecule has 62 valence electrons. The van der Waals surface area contributed by atoms with Crippen molar-refractivity contribution >= 4 is 35.6 Å². The number of hydrogen-bond donors (Lipinski definition) is 0. The van der Waals surface area contributed by atoms with Crippen molar-refractivity contribution in [3.05, 3.63) is 0 Å². The summed E-state index contributed by atoms with van der Waals surface area (Å²) < 4.78 is 4.96. The van der Waals surface area contributed by atoms with Crippen molar-refractivity contribution < 1.29 is 4.74 Å². The van der Waals surface area contributed by atoms with Gasteiger partial charge in [0.1, 0.15) is 0 Å². The van der Waals surface area contributed by atoms with Gasteiger partial charge in [-0.3, -0.25) is 4.90 Å². The van der Waals surface area contributed by atoms with Crippen LogP contribution in [0, 0.1) is 0 Å². The zero-order valence-electron chi connectivity index (χ0n) is 5.59. The first-order valence-electron chi connectivity index (χ1n) is 2.81. The molecule has 1 aliphatic rings. The molecular weight excluding hydrogens is 196 g/mol. The maximum Gasteiger partial charge on any atom is 0.172 e. The molecule has 2 nitrogen and oxygen atoms in total. The van der Waals surface area contributed by atoms with Gasteiger partial charge in [-0.15, -0.1) is 24.0 Å². The third-order valence-corrected chi connectivity index (χ3v) is 1.78. The van der Waals surface area contributed by atoms with Crippen LogP contribution in [0.25, 0.3) is 0 Å². The molecule has 10 heavy (non-hydrogen) atoms. The average Bonchev–Trinajstić information content (AvgIpc) is 2.47. The number of likely N-dealkylation sites (N-methyl/N-ethyl adjacent to an activating group) is 1. The normalized spacial score (nSPS) is 30.0. The summed E-state index contributed by atoms with van der Waals surface area (Å²) in [5, 5.41) is 0. The van der Waals surface area contributed by atoms with Gasteiger partial charge in [0.15, 0.2) is 11.8 Å². The molecule has 0 amide bonds. The van der Waals surface area contributed by atoms with Crippen molar-refractivity contribution in [1.82, 2.24) is 4.90 Å². The molecule has 0 N–H and O–H groups in total. The van der Waals surface area contributed by atoms with Crippen molar-refractivity contribution in [3.63, 3.8) is 0 Å². The Morgan fingerprint density at radius 2 is 2.10 bits per heavy atom. The zero-order chi connectivity index (χ0) is 6.85. The predicted molar refractivity (Wildman–Crippen MR) is 45.1 cm³/mol. The van der Waals surface area contributed by atoms with E-state index in [-0.39, 0.29) is 24.2 Å². The predicted octanol–water partition coefficient (Wildman–Crippen LogP) is 1.50. The Morgan fingerprint density at radius 1 is 1.60 bits per heavy atom. The lowest BCUT2D eigenvalue weighted by Crippen LogP contribution is -2.24. The van der Waals surface area contributed by atoms with Gasteiger partial charge in [-0.25, -0.2) is 0 Å². The van der Waals surface area contributed by atoms with E-state index in [2.05, 4.69) is 0 Å². The summed E-state index contributed by atoms with van der Waals surface area (Å²) in [4.78, 5) is 1.99. The van der Waals surface area contributed by atoms with Crippen molar-refractivity contribution in [1.29, 1.82) is 0 Å². The van der Waals surface area contributed by atoms with Gasteiger partial charge in [-0.1, -0.05) is 11.6 Å². The Morgan fingerprint density at radius 3 is 2.40 bits per heavy atom. The van der Waals surface area contributed by atoms with Gasteiger partial charge in [0.25, 0.3) is 0 Å². The van der Waals surface area contributed by atoms with Crippen LogP contribution in [0.3, 0.4) is 0 Å². The average molecular weight is 207 g/mol. The molecule has 0 radical (unpaired) electrons. The molecule has 1 heterocycles. The second-order valence-electron chi connectivity index (χ2n) is 2.05. The largest absolute Gasteiger partial charge is 0.336 e. The molecule has 2 atom stereocenters. The minimum Gasteiger partial charge on any atom is -0.336 e. The van der Waals surface area contributed by atoms with Crippen LogP contribution in [-0.4, -0.2) is 36.2 Å². The van der Waals surface area contributed by atoms with Crippen molar-refractivity contribution in [2.24, 2.45) is 0 Å². The zero-order valence-corrected chi connectivity index (χ0v) is 7.92. The number of nitrogens with zero attached hydrogens (tertiary/aromatic N) is 1. The molecule has 0 spiro atoms. The Hall–Kier alpha value is 0.790. The fourth-order valence-electron chi connectivity index (χ4n) is 0.652. The van der Waals surface area contributed by atoms with Crippen LogP contribution in [0.1, 0.15) is 0 Å². The topological polar surface area (TPSA) is 15.8 Å². The maximum atomic E-state index is 5.58. The fraction of sp³-hybridized carbons (Fsp3) is 1.00. The van der Waals surface area contributed by atoms with E-state index in [0.29, 0.717) is 5.88 Å². The van der Waals surface area contributed by atoms with E-state index in [0.717, 1.165) is 6.54 Å². The lowest BCUT2D eigenvalue weighted by atomic mass is 10.6. The molecule has 0 saturated carbocycles. The lowest BCUT2D eigenvalue weighted by molar-refractivity contribution is 0.221. The summed E-state index contributed by atoms with van der Waals surface area (Å²) >= 11 is 11.1. The highest BCUT2D eigenvalue weighted by Crippen LogP contribution is 2.27. The van der Waals surface area contributed by atoms with E-state index in [9.17, 15) is 0 Å². The number of halogens is 3. The van der Waals surface area contributed by atoms with E-state index in [4.69, 9.17) is 27.9 Å². The summed E-state index contributed by atoms with van der Waals surface area (Å²) in [6.45, 7) is 0.829. The van der Waals surface area contributed by atoms with Gasteiger partial charge in [-0.2, -0.15) is 0 Å². The van der Waals surface area contributed by atoms with E-state index >= 15 is 0 Å². The molecule has 2 unspecified atom stereocenters. The first kappa shape index (κ1) is 10.8. The third kappa shape index (κ3) is 2.81. The highest BCUT2D eigenvalue weighted by molar-refractivity contribution is 6.21. The van der Waals surface area contributed by atoms with Gasteiger partial charge in [-0.05, 0) is 7.05 Å². The molecule has 1 saturated heterocycles. The lowest BCUT2D eigenvalue weighted by Gasteiger charge is -2.09. The molecule has 1 fully saturated rings. The van der Waals surface area contributed by atoms with Gasteiger partial charge >= 0.3 is 0 Å². The van der Waals surface area contributed by atoms with Gasteiger partial charge < -0.3 is 4.74 Å². The van der Waals surface area contributed by atoms with Crippen LogP contribution >= 0.6 is 35.6 Å². The van der Waals surface area contributed by atoms with Crippen LogP contribution < -0.4 is 0 Å². The van der Waals surface area contributed by atoms with E-state index in [1.807, 2.05) is 11.9 Å². The minimum atomic E-state index is -0.113. The fourth-order valence-corrected chi connectivity index (χ4v) is 1.22. The summed E-state index contributed by atoms with van der Waals surface area (Å²) in [5.41, 5.74) is -0.113. The molecular formula is C5H10Cl3NO. The van der Waals surface area contributed by atoms with E-state index in [1.165, 1.54) is 0 Å². The van der Waals surface area contributed by atoms with E-state index < -0.39 is 0 Å². The monoisotopic (exact) mass is 205 g/mol. The number of hydrogen-bond acceptors (Lipinski definition) is 2. The van der Waals surface area contributed by atoms with Gasteiger partial charge in [0.05, 0.1) is 0 Å². The second-order valence-corrected chi connectivity index (χ2v) is 2.86. The first-order chi connectivity index (χ1) is 4.25. The van der Waals surface area contributed by atoms with Crippen molar-refractivity contribution in [2.45, 2.75) is 11.8 Å². The Balaban J connectivity index is 0.000000810. The summed E-state index contributed by atoms with van der Waals surface area (Å²) in [5.74, 6) is 0.625. The van der Waals surface area contributed by atoms with E-state index in [1.54, 1.807) is 0 Å². The van der Waals surface area contributed by atoms with Crippen molar-refractivity contribution in [3.8, 4) is 0 Å². The SMILES string of the molecule is CN(CCCl)C1OC1Cl.Cl. The third-order valence-electron chi connectivity index (χ3n) is 1.29. The van der Waals surface area contributed by atoms with Crippen LogP contribution in [0.4, 0.5) is 0 Å². The van der Waals surface area contributed by atoms with Crippen LogP contribution in [0.5, 0.6) is 0 Å². The standard InChI is InChI=1S/C5H9Cl2NO.ClH/c1-8(3-2-6)5-4(7)9-5;/h4-5H,2-3H2,1H3;1H. The van der Waals surface area contributed by atoms with Crippen LogP contribution in [0.2, 0.25) is 0 Å². The maximum absolute atomic E-state index is 5.58. The molecule has 5 heteroatoms. The number of epoxide rings is 1. The van der Waals surface area contributed by atoms with Crippen LogP contribution in [-0.2, 0) is 4.74 Å². The first-order valence-corrected chi connectivity index (χ1v) is 3.78. The van der Waals surface area contributed by atoms with Gasteiger partial charge in [0, 0.05) is 12.4 Å². The highest BCUT2D eigenvalue weighted by atomic mass is 35.5. The molecule has 0 bridgehead atoms. The summed E-state index contributed by atoms with van der Waals surface area (Å²) in [6.07, 6.45) is 0.102. The Labute approximate surface area is 76.8 Å². The number of alkyl halides is 2. The quantitative estimate of drug-likeness (QED) is 0.514. The Bertz CT molecular complexity index is 103. The minimum absolute atomic E-state index is 0. The molecule has 0 aromatic rings. The number of ether oxygens (including phenoxy) is 1. The smallest absolute Gasteiger partial charge is 0.172 e. The summed E-state index contributed by atoms with van der Waals surface area (Å²) in [7, 11) is 1.94. The molecule has 0 aliphatic carbocycles.